The molecule has 0 heterocycles. The van der Waals surface area contributed by atoms with Crippen molar-refractivity contribution in [3.8, 4) is 0 Å². The summed E-state index contributed by atoms with van der Waals surface area (Å²) in [7, 11) is 1.31. The Morgan fingerprint density at radius 3 is 2.33 bits per heavy atom. The van der Waals surface area contributed by atoms with Gasteiger partial charge in [-0.2, -0.15) is 13.2 Å². The molecule has 0 aliphatic carbocycles. The molecule has 0 saturated heterocycles. The monoisotopic (exact) mass is 271 g/mol. The molecule has 0 aromatic rings. The van der Waals surface area contributed by atoms with Gasteiger partial charge in [0.25, 0.3) is 0 Å². The van der Waals surface area contributed by atoms with Crippen molar-refractivity contribution < 1.29 is 27.9 Å². The highest BCUT2D eigenvalue weighted by atomic mass is 19.4. The summed E-state index contributed by atoms with van der Waals surface area (Å²) in [6.45, 7) is -2.02. The molecule has 106 valence electrons. The lowest BCUT2D eigenvalue weighted by Gasteiger charge is -2.22. The number of imide groups is 1. The number of urea groups is 1. The van der Waals surface area contributed by atoms with Gasteiger partial charge in [-0.3, -0.25) is 15.0 Å². The Labute approximate surface area is 102 Å². The van der Waals surface area contributed by atoms with Crippen molar-refractivity contribution in [2.24, 2.45) is 0 Å². The second-order valence-electron chi connectivity index (χ2n) is 3.49. The minimum Gasteiger partial charge on any atom is -0.395 e. The summed E-state index contributed by atoms with van der Waals surface area (Å²) >= 11 is 0. The van der Waals surface area contributed by atoms with E-state index in [9.17, 15) is 22.8 Å². The number of rotatable bonds is 6. The fraction of sp³-hybridized carbons (Fsp3) is 0.778. The maximum atomic E-state index is 12.1. The van der Waals surface area contributed by atoms with Gasteiger partial charge in [0.1, 0.15) is 0 Å². The molecule has 3 N–H and O–H groups in total. The second-order valence-corrected chi connectivity index (χ2v) is 3.49. The lowest BCUT2D eigenvalue weighted by molar-refractivity contribution is -0.148. The Hall–Kier alpha value is -1.35. The van der Waals surface area contributed by atoms with E-state index in [0.717, 1.165) is 4.90 Å². The maximum Gasteiger partial charge on any atom is 0.401 e. The van der Waals surface area contributed by atoms with Crippen LogP contribution in [0.4, 0.5) is 18.0 Å². The first kappa shape index (κ1) is 16.6. The highest BCUT2D eigenvalue weighted by Crippen LogP contribution is 2.16. The average molecular weight is 271 g/mol. The van der Waals surface area contributed by atoms with Crippen molar-refractivity contribution in [3.63, 3.8) is 0 Å². The number of halogens is 3. The van der Waals surface area contributed by atoms with Crippen LogP contribution in [0.5, 0.6) is 0 Å². The number of hydrogen-bond acceptors (Lipinski definition) is 4. The third-order valence-electron chi connectivity index (χ3n) is 1.95. The molecule has 0 aliphatic heterocycles. The van der Waals surface area contributed by atoms with Crippen LogP contribution >= 0.6 is 0 Å². The van der Waals surface area contributed by atoms with Crippen LogP contribution in [0.2, 0.25) is 0 Å². The number of amides is 3. The Bertz CT molecular complexity index is 284. The SMILES string of the molecule is CNC(=O)NC(=O)CCN(CCO)CC(F)(F)F. The largest absolute Gasteiger partial charge is 0.401 e. The van der Waals surface area contributed by atoms with Gasteiger partial charge in [0.15, 0.2) is 0 Å². The van der Waals surface area contributed by atoms with Gasteiger partial charge in [0, 0.05) is 26.6 Å². The van der Waals surface area contributed by atoms with Gasteiger partial charge in [-0.25, -0.2) is 4.79 Å². The number of nitrogens with one attached hydrogen (secondary N) is 2. The highest BCUT2D eigenvalue weighted by molar-refractivity contribution is 5.94. The summed E-state index contributed by atoms with van der Waals surface area (Å²) in [6.07, 6.45) is -4.66. The summed E-state index contributed by atoms with van der Waals surface area (Å²) in [4.78, 5) is 22.8. The fourth-order valence-corrected chi connectivity index (χ4v) is 1.18. The Morgan fingerprint density at radius 2 is 1.89 bits per heavy atom. The lowest BCUT2D eigenvalue weighted by atomic mass is 10.3. The van der Waals surface area contributed by atoms with E-state index in [1.807, 2.05) is 5.32 Å². The second kappa shape index (κ2) is 7.88. The molecule has 0 atom stereocenters. The number of carbonyl (C=O) groups excluding carboxylic acids is 2. The third kappa shape index (κ3) is 8.76. The first-order valence-corrected chi connectivity index (χ1v) is 5.20. The van der Waals surface area contributed by atoms with Gasteiger partial charge >= 0.3 is 12.2 Å². The quantitative estimate of drug-likeness (QED) is 0.619. The van der Waals surface area contributed by atoms with E-state index in [1.54, 1.807) is 0 Å². The van der Waals surface area contributed by atoms with Crippen molar-refractivity contribution in [3.05, 3.63) is 0 Å². The van der Waals surface area contributed by atoms with Gasteiger partial charge in [-0.1, -0.05) is 0 Å². The number of alkyl halides is 3. The predicted molar refractivity (Wildman–Crippen MR) is 56.8 cm³/mol. The number of carbonyl (C=O) groups is 2. The third-order valence-corrected chi connectivity index (χ3v) is 1.95. The van der Waals surface area contributed by atoms with Crippen molar-refractivity contribution in [1.82, 2.24) is 15.5 Å². The number of nitrogens with zero attached hydrogens (tertiary/aromatic N) is 1. The first-order chi connectivity index (χ1) is 8.28. The molecule has 6 nitrogen and oxygen atoms in total. The zero-order valence-corrected chi connectivity index (χ0v) is 9.88. The van der Waals surface area contributed by atoms with Gasteiger partial charge < -0.3 is 10.4 Å². The van der Waals surface area contributed by atoms with Gasteiger partial charge in [0.2, 0.25) is 5.91 Å². The van der Waals surface area contributed by atoms with Crippen LogP contribution in [0.15, 0.2) is 0 Å². The number of hydrogen-bond donors (Lipinski definition) is 3. The summed E-state index contributed by atoms with van der Waals surface area (Å²) in [5, 5.41) is 12.7. The van der Waals surface area contributed by atoms with E-state index in [1.165, 1.54) is 7.05 Å². The topological polar surface area (TPSA) is 81.7 Å². The smallest absolute Gasteiger partial charge is 0.395 e. The van der Waals surface area contributed by atoms with Gasteiger partial charge in [-0.15, -0.1) is 0 Å². The number of aliphatic hydroxyl groups is 1. The molecule has 0 spiro atoms. The summed E-state index contributed by atoms with van der Waals surface area (Å²) in [5.74, 6) is -0.681. The van der Waals surface area contributed by atoms with Gasteiger partial charge in [-0.05, 0) is 0 Å². The first-order valence-electron chi connectivity index (χ1n) is 5.20. The van der Waals surface area contributed by atoms with Crippen molar-refractivity contribution in [1.29, 1.82) is 0 Å². The molecule has 9 heteroatoms. The zero-order chi connectivity index (χ0) is 14.2. The summed E-state index contributed by atoms with van der Waals surface area (Å²) in [6, 6.07) is -0.718. The zero-order valence-electron chi connectivity index (χ0n) is 9.88. The van der Waals surface area contributed by atoms with Crippen molar-refractivity contribution >= 4 is 11.9 Å². The molecule has 0 bridgehead atoms. The molecule has 0 rings (SSSR count). The van der Waals surface area contributed by atoms with Crippen LogP contribution in [0.25, 0.3) is 0 Å². The van der Waals surface area contributed by atoms with Crippen molar-refractivity contribution in [2.75, 3.05) is 33.3 Å². The molecule has 0 saturated carbocycles. The van der Waals surface area contributed by atoms with E-state index in [2.05, 4.69) is 5.32 Å². The Morgan fingerprint density at radius 1 is 1.28 bits per heavy atom. The molecule has 0 unspecified atom stereocenters. The van der Waals surface area contributed by atoms with E-state index in [4.69, 9.17) is 5.11 Å². The standard InChI is InChI=1S/C9H16F3N3O3/c1-13-8(18)14-7(17)2-3-15(4-5-16)6-9(10,11)12/h16H,2-6H2,1H3,(H2,13,14,17,18). The molecular weight excluding hydrogens is 255 g/mol. The average Bonchev–Trinajstić information content (AvgIpc) is 2.24. The van der Waals surface area contributed by atoms with Crippen LogP contribution in [-0.4, -0.2) is 61.4 Å². The van der Waals surface area contributed by atoms with E-state index >= 15 is 0 Å². The highest BCUT2D eigenvalue weighted by Gasteiger charge is 2.30. The van der Waals surface area contributed by atoms with E-state index in [-0.39, 0.29) is 19.5 Å². The van der Waals surface area contributed by atoms with Crippen LogP contribution < -0.4 is 10.6 Å². The Balaban J connectivity index is 4.10. The predicted octanol–water partition coefficient (Wildman–Crippen LogP) is -0.311. The lowest BCUT2D eigenvalue weighted by Crippen LogP contribution is -2.41. The molecular formula is C9H16F3N3O3. The van der Waals surface area contributed by atoms with Gasteiger partial charge in [0.05, 0.1) is 13.2 Å². The molecule has 0 radical (unpaired) electrons. The molecule has 3 amide bonds. The minimum absolute atomic E-state index is 0.188. The summed E-state index contributed by atoms with van der Waals surface area (Å²) in [5.41, 5.74) is 0. The fourth-order valence-electron chi connectivity index (χ4n) is 1.18. The molecule has 0 aliphatic rings. The van der Waals surface area contributed by atoms with Crippen LogP contribution in [-0.2, 0) is 4.79 Å². The van der Waals surface area contributed by atoms with E-state index in [0.29, 0.717) is 0 Å². The molecule has 0 aromatic carbocycles. The summed E-state index contributed by atoms with van der Waals surface area (Å²) < 4.78 is 36.4. The molecule has 0 aromatic heterocycles. The Kier molecular flexibility index (Phi) is 7.29. The maximum absolute atomic E-state index is 12.1. The van der Waals surface area contributed by atoms with E-state index < -0.39 is 31.3 Å². The normalized spacial score (nSPS) is 11.4. The molecule has 18 heavy (non-hydrogen) atoms. The van der Waals surface area contributed by atoms with Crippen LogP contribution in [0, 0.1) is 0 Å². The van der Waals surface area contributed by atoms with Crippen molar-refractivity contribution in [2.45, 2.75) is 12.6 Å². The molecule has 0 fully saturated rings. The van der Waals surface area contributed by atoms with Crippen LogP contribution in [0.1, 0.15) is 6.42 Å². The number of aliphatic hydroxyl groups excluding tert-OH is 1. The van der Waals surface area contributed by atoms with Crippen LogP contribution in [0.3, 0.4) is 0 Å². The minimum atomic E-state index is -4.40.